The van der Waals surface area contributed by atoms with Gasteiger partial charge in [0, 0.05) is 29.4 Å². The lowest BCUT2D eigenvalue weighted by Crippen LogP contribution is -2.35. The number of aromatic nitrogens is 2. The number of benzene rings is 1. The fourth-order valence-corrected chi connectivity index (χ4v) is 4.58. The monoisotopic (exact) mass is 440 g/mol. The van der Waals surface area contributed by atoms with E-state index in [1.807, 2.05) is 19.1 Å². The molecule has 9 heteroatoms. The minimum atomic E-state index is -3.58. The van der Waals surface area contributed by atoms with Crippen molar-refractivity contribution in [1.82, 2.24) is 13.9 Å². The average Bonchev–Trinajstić information content (AvgIpc) is 3.08. The molecule has 1 aromatic carbocycles. The van der Waals surface area contributed by atoms with Crippen LogP contribution in [-0.4, -0.2) is 41.3 Å². The molecule has 2 aromatic rings. The number of imidazole rings is 1. The minimum absolute atomic E-state index is 0.00235. The molecule has 26 heavy (non-hydrogen) atoms. The number of piperidine rings is 1. The highest BCUT2D eigenvalue weighted by Crippen LogP contribution is 2.21. The SMILES string of the molecule is Cc1cc(NC(=O)Cn2cnc(S(=O)(=O)N3CCCCC3)c2)ccc1Br. The van der Waals surface area contributed by atoms with E-state index in [1.54, 1.807) is 6.07 Å². The molecule has 0 saturated carbocycles. The molecule has 1 saturated heterocycles. The minimum Gasteiger partial charge on any atom is -0.327 e. The Morgan fingerprint density at radius 2 is 2.00 bits per heavy atom. The number of anilines is 1. The molecule has 2 heterocycles. The second-order valence-electron chi connectivity index (χ2n) is 6.36. The van der Waals surface area contributed by atoms with Gasteiger partial charge in [0.2, 0.25) is 5.91 Å². The van der Waals surface area contributed by atoms with E-state index in [9.17, 15) is 13.2 Å². The van der Waals surface area contributed by atoms with Crippen molar-refractivity contribution in [3.8, 4) is 0 Å². The standard InChI is InChI=1S/C17H21BrN4O3S/c1-13-9-14(5-6-15(13)18)20-16(23)10-21-11-17(19-12-21)26(24,25)22-7-3-2-4-8-22/h5-6,9,11-12H,2-4,7-8,10H2,1H3,(H,20,23). The molecule has 1 fully saturated rings. The third kappa shape index (κ3) is 4.33. The van der Waals surface area contributed by atoms with Crippen LogP contribution in [0.4, 0.5) is 5.69 Å². The summed E-state index contributed by atoms with van der Waals surface area (Å²) in [4.78, 5) is 16.2. The van der Waals surface area contributed by atoms with Gasteiger partial charge in [0.05, 0.1) is 6.33 Å². The number of hydrogen-bond acceptors (Lipinski definition) is 4. The Morgan fingerprint density at radius 3 is 2.69 bits per heavy atom. The van der Waals surface area contributed by atoms with Crippen molar-refractivity contribution in [2.24, 2.45) is 0 Å². The van der Waals surface area contributed by atoms with Crippen LogP contribution in [0.15, 0.2) is 40.2 Å². The van der Waals surface area contributed by atoms with E-state index >= 15 is 0 Å². The van der Waals surface area contributed by atoms with Gasteiger partial charge in [-0.15, -0.1) is 0 Å². The van der Waals surface area contributed by atoms with Gasteiger partial charge in [-0.05, 0) is 43.5 Å². The summed E-state index contributed by atoms with van der Waals surface area (Å²) in [6.45, 7) is 2.99. The number of carbonyl (C=O) groups is 1. The van der Waals surface area contributed by atoms with Gasteiger partial charge in [-0.1, -0.05) is 22.4 Å². The number of halogens is 1. The predicted octanol–water partition coefficient (Wildman–Crippen LogP) is 2.77. The molecular formula is C17H21BrN4O3S. The zero-order chi connectivity index (χ0) is 18.7. The van der Waals surface area contributed by atoms with Crippen molar-refractivity contribution in [2.45, 2.75) is 37.8 Å². The van der Waals surface area contributed by atoms with Gasteiger partial charge in [-0.2, -0.15) is 4.31 Å². The molecule has 0 unspecified atom stereocenters. The van der Waals surface area contributed by atoms with Gasteiger partial charge >= 0.3 is 0 Å². The molecule has 0 radical (unpaired) electrons. The Labute approximate surface area is 161 Å². The Bertz CT molecular complexity index is 904. The van der Waals surface area contributed by atoms with E-state index < -0.39 is 10.0 Å². The quantitative estimate of drug-likeness (QED) is 0.774. The zero-order valence-electron chi connectivity index (χ0n) is 14.5. The zero-order valence-corrected chi connectivity index (χ0v) is 16.9. The van der Waals surface area contributed by atoms with Gasteiger partial charge in [-0.3, -0.25) is 4.79 Å². The predicted molar refractivity (Wildman–Crippen MR) is 102 cm³/mol. The number of nitrogens with one attached hydrogen (secondary N) is 1. The van der Waals surface area contributed by atoms with Crippen LogP contribution in [0.1, 0.15) is 24.8 Å². The van der Waals surface area contributed by atoms with E-state index in [2.05, 4.69) is 26.2 Å². The number of nitrogens with zero attached hydrogens (tertiary/aromatic N) is 3. The van der Waals surface area contributed by atoms with Gasteiger partial charge in [0.15, 0.2) is 5.03 Å². The van der Waals surface area contributed by atoms with Gasteiger partial charge in [0.25, 0.3) is 10.0 Å². The Kier molecular flexibility index (Phi) is 5.79. The molecule has 0 atom stereocenters. The Hall–Kier alpha value is -1.71. The van der Waals surface area contributed by atoms with Crippen LogP contribution in [0.2, 0.25) is 0 Å². The van der Waals surface area contributed by atoms with Crippen LogP contribution in [0.3, 0.4) is 0 Å². The molecule has 1 aliphatic heterocycles. The number of aryl methyl sites for hydroxylation is 1. The second-order valence-corrected chi connectivity index (χ2v) is 9.10. The third-order valence-electron chi connectivity index (χ3n) is 4.30. The van der Waals surface area contributed by atoms with E-state index in [0.29, 0.717) is 18.8 Å². The number of sulfonamides is 1. The first-order valence-corrected chi connectivity index (χ1v) is 10.7. The molecule has 0 spiro atoms. The van der Waals surface area contributed by atoms with E-state index in [1.165, 1.54) is 21.4 Å². The highest BCUT2D eigenvalue weighted by Gasteiger charge is 2.28. The molecule has 1 amide bonds. The number of rotatable bonds is 5. The fraction of sp³-hybridized carbons (Fsp3) is 0.412. The summed E-state index contributed by atoms with van der Waals surface area (Å²) in [5.74, 6) is -0.244. The molecular weight excluding hydrogens is 420 g/mol. The first-order chi connectivity index (χ1) is 12.4. The fourth-order valence-electron chi connectivity index (χ4n) is 2.89. The van der Waals surface area contributed by atoms with E-state index in [0.717, 1.165) is 29.3 Å². The lowest BCUT2D eigenvalue weighted by atomic mass is 10.2. The molecule has 7 nitrogen and oxygen atoms in total. The summed E-state index contributed by atoms with van der Waals surface area (Å²) in [7, 11) is -3.58. The van der Waals surface area contributed by atoms with Crippen LogP contribution in [0.25, 0.3) is 0 Å². The second kappa shape index (κ2) is 7.89. The molecule has 3 rings (SSSR count). The normalized spacial score (nSPS) is 15.8. The highest BCUT2D eigenvalue weighted by atomic mass is 79.9. The van der Waals surface area contributed by atoms with Gasteiger partial charge in [0.1, 0.15) is 6.54 Å². The topological polar surface area (TPSA) is 84.3 Å². The summed E-state index contributed by atoms with van der Waals surface area (Å²) in [6, 6.07) is 5.53. The molecule has 140 valence electrons. The molecule has 0 bridgehead atoms. The van der Waals surface area contributed by atoms with Crippen LogP contribution in [0, 0.1) is 6.92 Å². The number of amides is 1. The van der Waals surface area contributed by atoms with Crippen molar-refractivity contribution >= 4 is 37.5 Å². The summed E-state index contributed by atoms with van der Waals surface area (Å²) < 4.78 is 29.1. The summed E-state index contributed by atoms with van der Waals surface area (Å²) >= 11 is 3.42. The van der Waals surface area contributed by atoms with Gasteiger partial charge in [-0.25, -0.2) is 13.4 Å². The van der Waals surface area contributed by atoms with Gasteiger partial charge < -0.3 is 9.88 Å². The molecule has 1 N–H and O–H groups in total. The average molecular weight is 441 g/mol. The van der Waals surface area contributed by atoms with Crippen molar-refractivity contribution in [2.75, 3.05) is 18.4 Å². The smallest absolute Gasteiger partial charge is 0.262 e. The third-order valence-corrected chi connectivity index (χ3v) is 6.97. The van der Waals surface area contributed by atoms with Crippen LogP contribution >= 0.6 is 15.9 Å². The maximum atomic E-state index is 12.6. The number of carbonyl (C=O) groups excluding carboxylic acids is 1. The van der Waals surface area contributed by atoms with Crippen molar-refractivity contribution in [3.63, 3.8) is 0 Å². The first-order valence-electron chi connectivity index (χ1n) is 8.44. The lowest BCUT2D eigenvalue weighted by molar-refractivity contribution is -0.116. The Balaban J connectivity index is 1.65. The van der Waals surface area contributed by atoms with Crippen molar-refractivity contribution in [3.05, 3.63) is 40.8 Å². The van der Waals surface area contributed by atoms with Crippen LogP contribution < -0.4 is 5.32 Å². The van der Waals surface area contributed by atoms with Crippen LogP contribution in [-0.2, 0) is 21.4 Å². The first kappa shape index (κ1) is 19.1. The molecule has 1 aromatic heterocycles. The lowest BCUT2D eigenvalue weighted by Gasteiger charge is -2.24. The van der Waals surface area contributed by atoms with E-state index in [4.69, 9.17) is 0 Å². The maximum absolute atomic E-state index is 12.6. The largest absolute Gasteiger partial charge is 0.327 e. The molecule has 0 aliphatic carbocycles. The Morgan fingerprint density at radius 1 is 1.27 bits per heavy atom. The summed E-state index contributed by atoms with van der Waals surface area (Å²) in [5, 5.41) is 2.79. The highest BCUT2D eigenvalue weighted by molar-refractivity contribution is 9.10. The van der Waals surface area contributed by atoms with Crippen molar-refractivity contribution in [1.29, 1.82) is 0 Å². The summed E-state index contributed by atoms with van der Waals surface area (Å²) in [5.41, 5.74) is 1.71. The summed E-state index contributed by atoms with van der Waals surface area (Å²) in [6.07, 6.45) is 5.58. The van der Waals surface area contributed by atoms with Crippen molar-refractivity contribution < 1.29 is 13.2 Å². The molecule has 1 aliphatic rings. The van der Waals surface area contributed by atoms with E-state index in [-0.39, 0.29) is 17.5 Å². The maximum Gasteiger partial charge on any atom is 0.262 e. The van der Waals surface area contributed by atoms with Crippen LogP contribution in [0.5, 0.6) is 0 Å². The number of hydrogen-bond donors (Lipinski definition) is 1.